The zero-order valence-corrected chi connectivity index (χ0v) is 14.0. The van der Waals surface area contributed by atoms with Crippen LogP contribution < -0.4 is 5.32 Å². The van der Waals surface area contributed by atoms with Crippen LogP contribution in [0.1, 0.15) is 48.1 Å². The minimum absolute atomic E-state index is 0.261. The van der Waals surface area contributed by atoms with Crippen molar-refractivity contribution in [3.8, 4) is 0 Å². The van der Waals surface area contributed by atoms with Gasteiger partial charge in [-0.15, -0.1) is 11.3 Å². The van der Waals surface area contributed by atoms with Gasteiger partial charge in [-0.05, 0) is 33.6 Å². The second-order valence-corrected chi connectivity index (χ2v) is 6.98. The number of hydrogen-bond donors (Lipinski definition) is 1. The molecule has 1 unspecified atom stereocenters. The van der Waals surface area contributed by atoms with Crippen LogP contribution in [-0.2, 0) is 0 Å². The Morgan fingerprint density at radius 1 is 1.20 bits per heavy atom. The van der Waals surface area contributed by atoms with Crippen molar-refractivity contribution in [3.63, 3.8) is 0 Å². The first-order valence-corrected chi connectivity index (χ1v) is 7.93. The Balaban J connectivity index is 2.29. The van der Waals surface area contributed by atoms with Crippen LogP contribution in [0.3, 0.4) is 0 Å². The van der Waals surface area contributed by atoms with Gasteiger partial charge in [-0.3, -0.25) is 0 Å². The predicted octanol–water partition coefficient (Wildman–Crippen LogP) is 3.94. The second-order valence-electron chi connectivity index (χ2n) is 5.75. The summed E-state index contributed by atoms with van der Waals surface area (Å²) in [5.41, 5.74) is 2.17. The molecule has 0 amide bonds. The van der Waals surface area contributed by atoms with E-state index in [1.807, 2.05) is 6.92 Å². The van der Waals surface area contributed by atoms with Gasteiger partial charge in [0.1, 0.15) is 0 Å². The van der Waals surface area contributed by atoms with E-state index >= 15 is 0 Å². The average molecular weight is 292 g/mol. The van der Waals surface area contributed by atoms with E-state index in [2.05, 4.69) is 60.7 Å². The van der Waals surface area contributed by atoms with Crippen LogP contribution in [0.4, 0.5) is 5.95 Å². The minimum atomic E-state index is 0.261. The maximum Gasteiger partial charge on any atom is 0.203 e. The summed E-state index contributed by atoms with van der Waals surface area (Å²) in [7, 11) is 0. The van der Waals surface area contributed by atoms with E-state index < -0.39 is 0 Å². The topological polar surface area (TPSA) is 42.7 Å². The van der Waals surface area contributed by atoms with E-state index in [4.69, 9.17) is 0 Å². The van der Waals surface area contributed by atoms with E-state index in [0.29, 0.717) is 5.92 Å². The highest BCUT2D eigenvalue weighted by Crippen LogP contribution is 2.30. The second kappa shape index (κ2) is 5.95. The van der Waals surface area contributed by atoms with E-state index in [0.717, 1.165) is 28.9 Å². The van der Waals surface area contributed by atoms with Crippen molar-refractivity contribution in [2.24, 2.45) is 5.92 Å². The van der Waals surface area contributed by atoms with Gasteiger partial charge in [0.2, 0.25) is 5.95 Å². The summed E-state index contributed by atoms with van der Waals surface area (Å²) < 4.78 is 2.22. The number of rotatable bonds is 5. The standard InChI is InChI=1S/C15H24N4S/c1-9(2)7-16-15-17-10(3)8-19(15)12(5)14-11(4)18-13(6)20-14/h8-9,12H,7H2,1-6H3,(H,16,17). The number of hydrogen-bond acceptors (Lipinski definition) is 4. The molecule has 0 saturated carbocycles. The van der Waals surface area contributed by atoms with E-state index in [-0.39, 0.29) is 6.04 Å². The molecule has 0 aromatic carbocycles. The number of nitrogens with zero attached hydrogens (tertiary/aromatic N) is 3. The normalized spacial score (nSPS) is 12.9. The van der Waals surface area contributed by atoms with Gasteiger partial charge in [0, 0.05) is 12.7 Å². The summed E-state index contributed by atoms with van der Waals surface area (Å²) in [6.07, 6.45) is 2.11. The van der Waals surface area contributed by atoms with Gasteiger partial charge in [0.25, 0.3) is 0 Å². The van der Waals surface area contributed by atoms with E-state index in [9.17, 15) is 0 Å². The smallest absolute Gasteiger partial charge is 0.203 e. The molecule has 5 heteroatoms. The molecule has 0 aliphatic rings. The summed E-state index contributed by atoms with van der Waals surface area (Å²) in [5.74, 6) is 1.55. The lowest BCUT2D eigenvalue weighted by molar-refractivity contribution is 0.632. The molecule has 4 nitrogen and oxygen atoms in total. The average Bonchev–Trinajstić information content (AvgIpc) is 2.88. The van der Waals surface area contributed by atoms with Crippen LogP contribution in [-0.4, -0.2) is 21.1 Å². The Morgan fingerprint density at radius 2 is 1.90 bits per heavy atom. The summed E-state index contributed by atoms with van der Waals surface area (Å²) in [5, 5.41) is 4.57. The van der Waals surface area contributed by atoms with Gasteiger partial charge >= 0.3 is 0 Å². The van der Waals surface area contributed by atoms with E-state index in [1.54, 1.807) is 11.3 Å². The SMILES string of the molecule is Cc1cn(C(C)c2sc(C)nc2C)c(NCC(C)C)n1. The molecule has 20 heavy (non-hydrogen) atoms. The van der Waals surface area contributed by atoms with Gasteiger partial charge < -0.3 is 9.88 Å². The van der Waals surface area contributed by atoms with Crippen molar-refractivity contribution in [2.45, 2.75) is 47.6 Å². The van der Waals surface area contributed by atoms with Gasteiger partial charge in [-0.1, -0.05) is 13.8 Å². The lowest BCUT2D eigenvalue weighted by Crippen LogP contribution is -2.15. The molecule has 0 aliphatic heterocycles. The van der Waals surface area contributed by atoms with Gasteiger partial charge in [-0.2, -0.15) is 0 Å². The summed E-state index contributed by atoms with van der Waals surface area (Å²) in [6, 6.07) is 0.261. The Morgan fingerprint density at radius 3 is 2.45 bits per heavy atom. The fraction of sp³-hybridized carbons (Fsp3) is 0.600. The fourth-order valence-electron chi connectivity index (χ4n) is 2.30. The van der Waals surface area contributed by atoms with Crippen molar-refractivity contribution in [3.05, 3.63) is 27.5 Å². The maximum atomic E-state index is 4.60. The van der Waals surface area contributed by atoms with Crippen LogP contribution in [0, 0.1) is 26.7 Å². The quantitative estimate of drug-likeness (QED) is 0.907. The first-order chi connectivity index (χ1) is 9.38. The van der Waals surface area contributed by atoms with Gasteiger partial charge in [0.15, 0.2) is 0 Å². The maximum absolute atomic E-state index is 4.60. The zero-order valence-electron chi connectivity index (χ0n) is 13.2. The number of aromatic nitrogens is 3. The molecule has 0 fully saturated rings. The van der Waals surface area contributed by atoms with Crippen LogP contribution in [0.2, 0.25) is 0 Å². The summed E-state index contributed by atoms with van der Waals surface area (Å²) >= 11 is 1.77. The van der Waals surface area contributed by atoms with E-state index in [1.165, 1.54) is 4.88 Å². The van der Waals surface area contributed by atoms with Crippen LogP contribution >= 0.6 is 11.3 Å². The lowest BCUT2D eigenvalue weighted by Gasteiger charge is -2.17. The molecular weight excluding hydrogens is 268 g/mol. The lowest BCUT2D eigenvalue weighted by atomic mass is 10.2. The Bertz CT molecular complexity index is 583. The monoisotopic (exact) mass is 292 g/mol. The van der Waals surface area contributed by atoms with Crippen LogP contribution in [0.15, 0.2) is 6.20 Å². The third-order valence-electron chi connectivity index (χ3n) is 3.26. The first kappa shape index (κ1) is 15.0. The van der Waals surface area contributed by atoms with Crippen molar-refractivity contribution in [2.75, 3.05) is 11.9 Å². The summed E-state index contributed by atoms with van der Waals surface area (Å²) in [6.45, 7) is 13.7. The molecule has 0 radical (unpaired) electrons. The molecule has 0 aliphatic carbocycles. The molecular formula is C15H24N4S. The van der Waals surface area contributed by atoms with Crippen LogP contribution in [0.5, 0.6) is 0 Å². The van der Waals surface area contributed by atoms with Crippen LogP contribution in [0.25, 0.3) is 0 Å². The third kappa shape index (κ3) is 3.20. The van der Waals surface area contributed by atoms with Crippen molar-refractivity contribution in [1.29, 1.82) is 0 Å². The molecule has 1 N–H and O–H groups in total. The molecule has 110 valence electrons. The molecule has 2 aromatic heterocycles. The van der Waals surface area contributed by atoms with Crippen molar-refractivity contribution >= 4 is 17.3 Å². The number of imidazole rings is 1. The number of aryl methyl sites for hydroxylation is 3. The molecule has 0 bridgehead atoms. The van der Waals surface area contributed by atoms with Gasteiger partial charge in [-0.25, -0.2) is 9.97 Å². The Labute approximate surface area is 125 Å². The summed E-state index contributed by atoms with van der Waals surface area (Å²) in [4.78, 5) is 10.4. The van der Waals surface area contributed by atoms with Gasteiger partial charge in [0.05, 0.1) is 27.3 Å². The zero-order chi connectivity index (χ0) is 14.9. The molecule has 0 spiro atoms. The first-order valence-electron chi connectivity index (χ1n) is 7.11. The molecule has 2 aromatic rings. The number of anilines is 1. The molecule has 2 rings (SSSR count). The molecule has 1 atom stereocenters. The Kier molecular flexibility index (Phi) is 4.48. The highest BCUT2D eigenvalue weighted by atomic mass is 32.1. The highest BCUT2D eigenvalue weighted by molar-refractivity contribution is 7.11. The number of nitrogens with one attached hydrogen (secondary N) is 1. The third-order valence-corrected chi connectivity index (χ3v) is 4.50. The number of thiazole rings is 1. The van der Waals surface area contributed by atoms with Crippen molar-refractivity contribution in [1.82, 2.24) is 14.5 Å². The van der Waals surface area contributed by atoms with Crippen molar-refractivity contribution < 1.29 is 0 Å². The fourth-order valence-corrected chi connectivity index (χ4v) is 3.28. The predicted molar refractivity (Wildman–Crippen MR) is 85.7 cm³/mol. The molecule has 2 heterocycles. The Hall–Kier alpha value is -1.36. The highest BCUT2D eigenvalue weighted by Gasteiger charge is 2.18. The molecule has 0 saturated heterocycles. The largest absolute Gasteiger partial charge is 0.355 e. The minimum Gasteiger partial charge on any atom is -0.355 e.